The third kappa shape index (κ3) is 7.79. The predicted octanol–water partition coefficient (Wildman–Crippen LogP) is 2.25. The van der Waals surface area contributed by atoms with Gasteiger partial charge in [-0.25, -0.2) is 4.99 Å². The Labute approximate surface area is 168 Å². The number of likely N-dealkylation sites (tertiary alicyclic amines) is 1. The lowest BCUT2D eigenvalue weighted by Gasteiger charge is -2.23. The molecule has 0 spiro atoms. The molecule has 1 aromatic carbocycles. The van der Waals surface area contributed by atoms with Crippen LogP contribution in [0.3, 0.4) is 0 Å². The van der Waals surface area contributed by atoms with Crippen molar-refractivity contribution < 1.29 is 4.74 Å². The lowest BCUT2D eigenvalue weighted by molar-refractivity contribution is 0.211. The molecule has 2 rings (SSSR count). The number of guanidine groups is 1. The van der Waals surface area contributed by atoms with Gasteiger partial charge < -0.3 is 21.1 Å². The molecule has 0 amide bonds. The van der Waals surface area contributed by atoms with Crippen LogP contribution < -0.4 is 16.4 Å². The number of nitrogens with zero attached hydrogens (tertiary/aromatic N) is 2. The monoisotopic (exact) mass is 461 g/mol. The van der Waals surface area contributed by atoms with E-state index >= 15 is 0 Å². The van der Waals surface area contributed by atoms with E-state index in [9.17, 15) is 0 Å². The number of benzene rings is 1. The van der Waals surface area contributed by atoms with Crippen LogP contribution in [0.15, 0.2) is 29.3 Å². The second-order valence-electron chi connectivity index (χ2n) is 6.12. The summed E-state index contributed by atoms with van der Waals surface area (Å²) in [6.45, 7) is 7.50. The van der Waals surface area contributed by atoms with Crippen LogP contribution >= 0.6 is 24.0 Å². The van der Waals surface area contributed by atoms with Crippen LogP contribution in [0, 0.1) is 0 Å². The van der Waals surface area contributed by atoms with Gasteiger partial charge in [0.15, 0.2) is 5.96 Å². The molecule has 0 radical (unpaired) electrons. The quantitative estimate of drug-likeness (QED) is 0.228. The summed E-state index contributed by atoms with van der Waals surface area (Å²) in [5, 5.41) is 6.56. The van der Waals surface area contributed by atoms with Gasteiger partial charge in [-0.15, -0.1) is 24.0 Å². The summed E-state index contributed by atoms with van der Waals surface area (Å²) >= 11 is 0. The number of rotatable bonds is 9. The van der Waals surface area contributed by atoms with Crippen molar-refractivity contribution in [3.8, 4) is 0 Å². The molecule has 142 valence electrons. The lowest BCUT2D eigenvalue weighted by atomic mass is 10.2. The van der Waals surface area contributed by atoms with E-state index in [0.717, 1.165) is 30.9 Å². The number of likely N-dealkylation sites (N-methyl/N-ethyl adjacent to an activating group) is 1. The van der Waals surface area contributed by atoms with E-state index in [-0.39, 0.29) is 24.0 Å². The van der Waals surface area contributed by atoms with Gasteiger partial charge in [-0.2, -0.15) is 0 Å². The van der Waals surface area contributed by atoms with Crippen molar-refractivity contribution in [1.82, 2.24) is 10.2 Å². The molecule has 1 aromatic rings. The molecule has 0 saturated carbocycles. The van der Waals surface area contributed by atoms with Crippen molar-refractivity contribution in [2.45, 2.75) is 32.4 Å². The normalized spacial score (nSPS) is 18.0. The number of nitrogens with two attached hydrogens (primary N) is 1. The molecular weight excluding hydrogens is 429 g/mol. The Hall–Kier alpha value is -1.06. The fraction of sp³-hybridized carbons (Fsp3) is 0.611. The summed E-state index contributed by atoms with van der Waals surface area (Å²) < 4.78 is 5.02. The van der Waals surface area contributed by atoms with Crippen LogP contribution in [0.5, 0.6) is 0 Å². The van der Waals surface area contributed by atoms with E-state index in [4.69, 9.17) is 10.5 Å². The molecule has 0 aliphatic carbocycles. The average molecular weight is 461 g/mol. The number of anilines is 1. The molecule has 1 atom stereocenters. The maximum atomic E-state index is 5.99. The van der Waals surface area contributed by atoms with Gasteiger partial charge in [-0.05, 0) is 43.6 Å². The molecule has 0 aromatic heterocycles. The average Bonchev–Trinajstić information content (AvgIpc) is 3.07. The predicted molar refractivity (Wildman–Crippen MR) is 116 cm³/mol. The molecule has 6 nitrogen and oxygen atoms in total. The van der Waals surface area contributed by atoms with Crippen molar-refractivity contribution in [2.75, 3.05) is 45.2 Å². The molecule has 7 heteroatoms. The minimum absolute atomic E-state index is 0. The highest BCUT2D eigenvalue weighted by Gasteiger charge is 2.22. The van der Waals surface area contributed by atoms with Gasteiger partial charge in [-0.3, -0.25) is 4.90 Å². The maximum absolute atomic E-state index is 5.99. The van der Waals surface area contributed by atoms with Crippen LogP contribution in [-0.2, 0) is 11.3 Å². The van der Waals surface area contributed by atoms with Crippen LogP contribution in [0.2, 0.25) is 0 Å². The van der Waals surface area contributed by atoms with Gasteiger partial charge in [0.1, 0.15) is 0 Å². The first-order valence-electron chi connectivity index (χ1n) is 8.82. The van der Waals surface area contributed by atoms with Crippen LogP contribution in [0.1, 0.15) is 25.3 Å². The van der Waals surface area contributed by atoms with Crippen LogP contribution in [0.4, 0.5) is 5.69 Å². The van der Waals surface area contributed by atoms with Gasteiger partial charge in [0.25, 0.3) is 0 Å². The Morgan fingerprint density at radius 3 is 2.80 bits per heavy atom. The van der Waals surface area contributed by atoms with Crippen LogP contribution in [0.25, 0.3) is 0 Å². The zero-order chi connectivity index (χ0) is 17.2. The zero-order valence-electron chi connectivity index (χ0n) is 15.3. The van der Waals surface area contributed by atoms with E-state index < -0.39 is 0 Å². The second-order valence-corrected chi connectivity index (χ2v) is 6.12. The van der Waals surface area contributed by atoms with Crippen molar-refractivity contribution in [3.05, 3.63) is 29.8 Å². The zero-order valence-corrected chi connectivity index (χ0v) is 17.7. The van der Waals surface area contributed by atoms with Crippen molar-refractivity contribution in [2.24, 2.45) is 10.7 Å². The third-order valence-corrected chi connectivity index (χ3v) is 4.45. The van der Waals surface area contributed by atoms with Gasteiger partial charge in [-0.1, -0.05) is 19.1 Å². The topological polar surface area (TPSA) is 74.9 Å². The van der Waals surface area contributed by atoms with Gasteiger partial charge >= 0.3 is 0 Å². The molecule has 1 fully saturated rings. The third-order valence-electron chi connectivity index (χ3n) is 4.45. The Kier molecular flexibility index (Phi) is 10.8. The summed E-state index contributed by atoms with van der Waals surface area (Å²) in [6, 6.07) is 8.84. The molecule has 1 unspecified atom stereocenters. The standard InChI is InChI=1S/C18H31N5O.HI/c1-3-23-11-4-5-17(23)14-22-18(19)21-13-15-6-8-16(9-7-15)20-10-12-24-2;/h6-9,17,20H,3-5,10-14H2,1-2H3,(H3,19,21,22);1H. The smallest absolute Gasteiger partial charge is 0.188 e. The molecule has 1 heterocycles. The number of hydrogen-bond acceptors (Lipinski definition) is 4. The lowest BCUT2D eigenvalue weighted by Crippen LogP contribution is -2.42. The maximum Gasteiger partial charge on any atom is 0.188 e. The molecule has 1 aliphatic heterocycles. The fourth-order valence-electron chi connectivity index (χ4n) is 3.02. The summed E-state index contributed by atoms with van der Waals surface area (Å²) in [5.74, 6) is 0.528. The molecule has 1 saturated heterocycles. The van der Waals surface area contributed by atoms with Crippen molar-refractivity contribution in [1.29, 1.82) is 0 Å². The Morgan fingerprint density at radius 1 is 1.36 bits per heavy atom. The largest absolute Gasteiger partial charge is 0.383 e. The number of methoxy groups -OCH3 is 1. The first kappa shape index (κ1) is 22.0. The summed E-state index contributed by atoms with van der Waals surface area (Å²) in [6.07, 6.45) is 2.52. The Balaban J connectivity index is 0.00000312. The minimum Gasteiger partial charge on any atom is -0.383 e. The molecule has 4 N–H and O–H groups in total. The number of aliphatic imine (C=N–C) groups is 1. The number of hydrogen-bond donors (Lipinski definition) is 3. The van der Waals surface area contributed by atoms with Gasteiger partial charge in [0, 0.05) is 31.9 Å². The van der Waals surface area contributed by atoms with Gasteiger partial charge in [0.05, 0.1) is 13.2 Å². The molecular formula is C18H32IN5O. The SMILES string of the molecule is CCN1CCCC1CNC(N)=NCc1ccc(NCCOC)cc1.I. The van der Waals surface area contributed by atoms with E-state index in [1.807, 2.05) is 0 Å². The second kappa shape index (κ2) is 12.3. The summed E-state index contributed by atoms with van der Waals surface area (Å²) in [4.78, 5) is 6.93. The summed E-state index contributed by atoms with van der Waals surface area (Å²) in [5.41, 5.74) is 8.23. The highest BCUT2D eigenvalue weighted by atomic mass is 127. The molecule has 0 bridgehead atoms. The van der Waals surface area contributed by atoms with E-state index in [1.54, 1.807) is 7.11 Å². The number of nitrogens with one attached hydrogen (secondary N) is 2. The first-order valence-corrected chi connectivity index (χ1v) is 8.82. The van der Waals surface area contributed by atoms with E-state index in [0.29, 0.717) is 25.2 Å². The van der Waals surface area contributed by atoms with E-state index in [1.165, 1.54) is 19.4 Å². The molecule has 25 heavy (non-hydrogen) atoms. The first-order chi connectivity index (χ1) is 11.7. The summed E-state index contributed by atoms with van der Waals surface area (Å²) in [7, 11) is 1.70. The van der Waals surface area contributed by atoms with Crippen LogP contribution in [-0.4, -0.2) is 56.8 Å². The Morgan fingerprint density at radius 2 is 2.12 bits per heavy atom. The van der Waals surface area contributed by atoms with Crippen molar-refractivity contribution >= 4 is 35.6 Å². The van der Waals surface area contributed by atoms with Crippen molar-refractivity contribution in [3.63, 3.8) is 0 Å². The Bertz CT molecular complexity index is 509. The minimum atomic E-state index is 0. The van der Waals surface area contributed by atoms with Gasteiger partial charge in [0.2, 0.25) is 0 Å². The highest BCUT2D eigenvalue weighted by molar-refractivity contribution is 14.0. The fourth-order valence-corrected chi connectivity index (χ4v) is 3.02. The van der Waals surface area contributed by atoms with E-state index in [2.05, 4.69) is 51.7 Å². The molecule has 1 aliphatic rings. The number of ether oxygens (including phenoxy) is 1. The highest BCUT2D eigenvalue weighted by Crippen LogP contribution is 2.15. The number of halogens is 1.